The van der Waals surface area contributed by atoms with E-state index in [4.69, 9.17) is 21.6 Å². The predicted molar refractivity (Wildman–Crippen MR) is 134 cm³/mol. The van der Waals surface area contributed by atoms with Gasteiger partial charge in [0.2, 0.25) is 0 Å². The van der Waals surface area contributed by atoms with Crippen LogP contribution in [0.2, 0.25) is 5.02 Å². The first-order chi connectivity index (χ1) is 16.7. The normalized spacial score (nSPS) is 14.3. The topological polar surface area (TPSA) is 58.9 Å². The summed E-state index contributed by atoms with van der Waals surface area (Å²) in [7, 11) is 1.82. The summed E-state index contributed by atoms with van der Waals surface area (Å²) in [5.41, 5.74) is 3.35. The molecule has 0 atom stereocenters. The fourth-order valence-corrected chi connectivity index (χ4v) is 4.90. The second-order valence-electron chi connectivity index (χ2n) is 9.39. The van der Waals surface area contributed by atoms with Crippen molar-refractivity contribution in [3.05, 3.63) is 88.2 Å². The Hall–Kier alpha value is -3.52. The van der Waals surface area contributed by atoms with Gasteiger partial charge in [-0.2, -0.15) is 0 Å². The molecule has 0 amide bonds. The van der Waals surface area contributed by atoms with Crippen LogP contribution in [0, 0.1) is 18.6 Å². The second kappa shape index (κ2) is 8.61. The van der Waals surface area contributed by atoms with Crippen LogP contribution in [-0.2, 0) is 11.8 Å². The highest BCUT2D eigenvalue weighted by molar-refractivity contribution is 6.33. The van der Waals surface area contributed by atoms with E-state index in [-0.39, 0.29) is 11.2 Å². The molecule has 6 nitrogen and oxygen atoms in total. The van der Waals surface area contributed by atoms with Crippen molar-refractivity contribution in [2.45, 2.75) is 32.6 Å². The summed E-state index contributed by atoms with van der Waals surface area (Å²) in [6.45, 7) is 6.68. The van der Waals surface area contributed by atoms with Crippen molar-refractivity contribution in [1.29, 1.82) is 0 Å². The minimum absolute atomic E-state index is 0.277. The van der Waals surface area contributed by atoms with Crippen molar-refractivity contribution < 1.29 is 8.78 Å². The number of nitrogens with one attached hydrogen (secondary N) is 1. The minimum Gasteiger partial charge on any atom is -0.373 e. The third kappa shape index (κ3) is 4.23. The van der Waals surface area contributed by atoms with Gasteiger partial charge in [0, 0.05) is 37.2 Å². The Labute approximate surface area is 207 Å². The van der Waals surface area contributed by atoms with Gasteiger partial charge in [-0.1, -0.05) is 31.5 Å². The van der Waals surface area contributed by atoms with E-state index in [1.54, 1.807) is 29.2 Å². The van der Waals surface area contributed by atoms with Crippen LogP contribution < -0.4 is 10.2 Å². The Bertz CT molecular complexity index is 1430. The van der Waals surface area contributed by atoms with E-state index in [0.29, 0.717) is 46.8 Å². The maximum atomic E-state index is 14.9. The number of aryl methyl sites for hydroxylation is 1. The number of fused-ring (bicyclic) bond motifs is 1. The highest BCUT2D eigenvalue weighted by atomic mass is 35.5. The average molecular weight is 495 g/mol. The van der Waals surface area contributed by atoms with E-state index >= 15 is 0 Å². The molecule has 0 fully saturated rings. The molecule has 0 aliphatic carbocycles. The molecule has 4 aromatic rings. The highest BCUT2D eigenvalue weighted by Gasteiger charge is 2.41. The first-order valence-electron chi connectivity index (χ1n) is 11.3. The van der Waals surface area contributed by atoms with Gasteiger partial charge in [0.1, 0.15) is 29.1 Å². The van der Waals surface area contributed by atoms with Gasteiger partial charge >= 0.3 is 0 Å². The van der Waals surface area contributed by atoms with Crippen molar-refractivity contribution >= 4 is 28.9 Å². The Morgan fingerprint density at radius 1 is 1.09 bits per heavy atom. The van der Waals surface area contributed by atoms with Crippen molar-refractivity contribution in [3.8, 4) is 5.69 Å². The van der Waals surface area contributed by atoms with E-state index in [2.05, 4.69) is 24.1 Å². The van der Waals surface area contributed by atoms with Gasteiger partial charge in [-0.3, -0.25) is 0 Å². The molecule has 3 heterocycles. The van der Waals surface area contributed by atoms with Crippen molar-refractivity contribution in [1.82, 2.24) is 19.5 Å². The average Bonchev–Trinajstić information content (AvgIpc) is 3.34. The molecule has 0 radical (unpaired) electrons. The molecule has 1 aliphatic rings. The van der Waals surface area contributed by atoms with Crippen LogP contribution in [0.5, 0.6) is 0 Å². The summed E-state index contributed by atoms with van der Waals surface area (Å²) in [6.07, 6.45) is 3.71. The maximum absolute atomic E-state index is 14.9. The summed E-state index contributed by atoms with van der Waals surface area (Å²) >= 11 is 6.41. The molecule has 5 rings (SSSR count). The molecule has 0 saturated heterocycles. The zero-order valence-corrected chi connectivity index (χ0v) is 20.7. The fourth-order valence-electron chi connectivity index (χ4n) is 4.63. The molecular formula is C26H25ClF2N6. The summed E-state index contributed by atoms with van der Waals surface area (Å²) in [4.78, 5) is 15.8. The monoisotopic (exact) mass is 494 g/mol. The zero-order chi connectivity index (χ0) is 24.9. The quantitative estimate of drug-likeness (QED) is 0.371. The van der Waals surface area contributed by atoms with Gasteiger partial charge in [-0.25, -0.2) is 23.7 Å². The van der Waals surface area contributed by atoms with Crippen LogP contribution in [0.15, 0.2) is 48.9 Å². The van der Waals surface area contributed by atoms with E-state index < -0.39 is 5.82 Å². The molecule has 0 spiro atoms. The molecule has 35 heavy (non-hydrogen) atoms. The number of nitrogens with zero attached hydrogens (tertiary/aromatic N) is 5. The Morgan fingerprint density at radius 3 is 2.51 bits per heavy atom. The van der Waals surface area contributed by atoms with Crippen LogP contribution in [-0.4, -0.2) is 33.1 Å². The second-order valence-corrected chi connectivity index (χ2v) is 9.79. The number of aromatic nitrogens is 4. The van der Waals surface area contributed by atoms with Gasteiger partial charge in [-0.05, 0) is 42.8 Å². The van der Waals surface area contributed by atoms with Crippen LogP contribution in [0.3, 0.4) is 0 Å². The molecule has 9 heteroatoms. The summed E-state index contributed by atoms with van der Waals surface area (Å²) in [5, 5.41) is 3.51. The van der Waals surface area contributed by atoms with Gasteiger partial charge < -0.3 is 14.8 Å². The van der Waals surface area contributed by atoms with Crippen LogP contribution in [0.4, 0.5) is 26.1 Å². The number of anilines is 3. The van der Waals surface area contributed by atoms with E-state index in [0.717, 1.165) is 16.8 Å². The zero-order valence-electron chi connectivity index (χ0n) is 19.9. The minimum atomic E-state index is -0.395. The van der Waals surface area contributed by atoms with E-state index in [9.17, 15) is 8.78 Å². The molecular weight excluding hydrogens is 470 g/mol. The summed E-state index contributed by atoms with van der Waals surface area (Å²) in [6, 6.07) is 9.44. The smallest absolute Gasteiger partial charge is 0.147 e. The number of halogens is 3. The third-order valence-corrected chi connectivity index (χ3v) is 6.53. The molecule has 1 aliphatic heterocycles. The third-order valence-electron chi connectivity index (χ3n) is 6.22. The molecule has 1 N–H and O–H groups in total. The Kier molecular flexibility index (Phi) is 5.71. The molecule has 0 saturated carbocycles. The highest BCUT2D eigenvalue weighted by Crippen LogP contribution is 2.47. The fraction of sp³-hybridized carbons (Fsp3) is 0.269. The molecule has 2 aromatic carbocycles. The van der Waals surface area contributed by atoms with Gasteiger partial charge in [0.05, 0.1) is 28.4 Å². The Balaban J connectivity index is 1.54. The number of imidazole rings is 1. The van der Waals surface area contributed by atoms with Gasteiger partial charge in [-0.15, -0.1) is 0 Å². The number of hydrogen-bond donors (Lipinski definition) is 1. The van der Waals surface area contributed by atoms with Crippen LogP contribution in [0.25, 0.3) is 5.69 Å². The lowest BCUT2D eigenvalue weighted by Crippen LogP contribution is -2.25. The van der Waals surface area contributed by atoms with Gasteiger partial charge in [0.25, 0.3) is 0 Å². The molecule has 0 bridgehead atoms. The molecule has 0 unspecified atom stereocenters. The Morgan fingerprint density at radius 2 is 1.86 bits per heavy atom. The van der Waals surface area contributed by atoms with Crippen LogP contribution in [0.1, 0.15) is 36.5 Å². The van der Waals surface area contributed by atoms with Gasteiger partial charge in [0.15, 0.2) is 0 Å². The number of benzene rings is 2. The summed E-state index contributed by atoms with van der Waals surface area (Å²) < 4.78 is 30.3. The first kappa shape index (κ1) is 23.2. The lowest BCUT2D eigenvalue weighted by atomic mass is 9.88. The predicted octanol–water partition coefficient (Wildman–Crippen LogP) is 5.96. The maximum Gasteiger partial charge on any atom is 0.147 e. The standard InChI is InChI=1S/C26H25ClF2N6/c1-15-12-34(14-31-15)21-7-5-16(9-19(21)29)10-22-32-24(30-4)23-25(33-22)35(13-26(23,2)3)20-8-6-17(28)11-18(20)27/h5-9,11-12,14H,10,13H2,1-4H3,(H,30,32,33). The molecule has 180 valence electrons. The van der Waals surface area contributed by atoms with Crippen molar-refractivity contribution in [2.75, 3.05) is 23.8 Å². The van der Waals surface area contributed by atoms with E-state index in [1.165, 1.54) is 18.2 Å². The number of hydrogen-bond acceptors (Lipinski definition) is 5. The van der Waals surface area contributed by atoms with Crippen molar-refractivity contribution in [3.63, 3.8) is 0 Å². The largest absolute Gasteiger partial charge is 0.373 e. The van der Waals surface area contributed by atoms with Crippen LogP contribution >= 0.6 is 11.6 Å². The SMILES string of the molecule is CNc1nc(Cc2ccc(-n3cnc(C)c3)c(F)c2)nc2c1C(C)(C)CN2c1ccc(F)cc1Cl. The lowest BCUT2D eigenvalue weighted by Gasteiger charge is -2.22. The van der Waals surface area contributed by atoms with E-state index in [1.807, 2.05) is 24.9 Å². The number of rotatable bonds is 5. The summed E-state index contributed by atoms with van der Waals surface area (Å²) in [5.74, 6) is 1.22. The van der Waals surface area contributed by atoms with Crippen molar-refractivity contribution in [2.24, 2.45) is 0 Å². The first-order valence-corrected chi connectivity index (χ1v) is 11.6. The lowest BCUT2D eigenvalue weighted by molar-refractivity contribution is 0.568. The molecule has 2 aromatic heterocycles.